The largest absolute Gasteiger partial charge is 0.481 e. The van der Waals surface area contributed by atoms with Crippen LogP contribution >= 0.6 is 0 Å². The van der Waals surface area contributed by atoms with Crippen molar-refractivity contribution in [3.8, 4) is 5.75 Å². The molecule has 0 amide bonds. The number of allylic oxidation sites excluding steroid dienone is 1. The van der Waals surface area contributed by atoms with Crippen molar-refractivity contribution in [3.63, 3.8) is 0 Å². The maximum atomic E-state index is 13.4. The molecule has 3 heterocycles. The predicted octanol–water partition coefficient (Wildman–Crippen LogP) is 4.63. The third-order valence-corrected chi connectivity index (χ3v) is 9.51. The molecule has 1 spiro atoms. The van der Waals surface area contributed by atoms with Gasteiger partial charge in [-0.05, 0) is 80.0 Å². The minimum Gasteiger partial charge on any atom is -0.481 e. The van der Waals surface area contributed by atoms with Crippen LogP contribution < -0.4 is 16.1 Å². The molecule has 4 atom stereocenters. The molecule has 0 bridgehead atoms. The summed E-state index contributed by atoms with van der Waals surface area (Å²) in [5, 5.41) is 19.8. The summed E-state index contributed by atoms with van der Waals surface area (Å²) in [5.74, 6) is -0.130. The van der Waals surface area contributed by atoms with Crippen LogP contribution in [0.4, 0.5) is 5.82 Å². The number of nitrogens with zero attached hydrogens (tertiary/aromatic N) is 1. The minimum absolute atomic E-state index is 0.0815. The van der Waals surface area contributed by atoms with Crippen LogP contribution in [0.15, 0.2) is 81.7 Å². The lowest BCUT2D eigenvalue weighted by Crippen LogP contribution is -2.65. The number of aliphatic hydroxyl groups excluding tert-OH is 2. The van der Waals surface area contributed by atoms with Crippen LogP contribution in [0.1, 0.15) is 60.9 Å². The molecule has 4 N–H and O–H groups in total. The Bertz CT molecular complexity index is 1850. The number of anilines is 1. The SMILES string of the molecule is C/C=C(\C)C(=O)O[C@@]1(C)Cc2ccccc2[C@@H](c2ccc(N)nc2)[C@]12Cc1cc3cc(C[C@H](CO)CCO)c(=O)oc3cc1O2. The minimum atomic E-state index is -1.12. The third-order valence-electron chi connectivity index (χ3n) is 9.51. The van der Waals surface area contributed by atoms with Gasteiger partial charge >= 0.3 is 11.6 Å². The van der Waals surface area contributed by atoms with Crippen LogP contribution in [0.25, 0.3) is 11.0 Å². The highest BCUT2D eigenvalue weighted by Crippen LogP contribution is 2.57. The smallest absolute Gasteiger partial charge is 0.339 e. The second kappa shape index (κ2) is 11.8. The number of aromatic nitrogens is 1. The molecule has 0 unspecified atom stereocenters. The van der Waals surface area contributed by atoms with E-state index in [4.69, 9.17) is 19.6 Å². The summed E-state index contributed by atoms with van der Waals surface area (Å²) in [7, 11) is 0. The number of hydrogen-bond donors (Lipinski definition) is 3. The van der Waals surface area contributed by atoms with Crippen LogP contribution in [0.2, 0.25) is 0 Å². The van der Waals surface area contributed by atoms with Crippen molar-refractivity contribution in [2.24, 2.45) is 5.92 Å². The fourth-order valence-electron chi connectivity index (χ4n) is 6.94. The van der Waals surface area contributed by atoms with E-state index in [0.717, 1.165) is 27.6 Å². The maximum absolute atomic E-state index is 13.4. The van der Waals surface area contributed by atoms with Crippen molar-refractivity contribution in [2.75, 3.05) is 18.9 Å². The van der Waals surface area contributed by atoms with Gasteiger partial charge in [0.2, 0.25) is 0 Å². The van der Waals surface area contributed by atoms with E-state index in [1.807, 2.05) is 31.2 Å². The Morgan fingerprint density at radius 1 is 1.16 bits per heavy atom. The summed E-state index contributed by atoms with van der Waals surface area (Å²) < 4.78 is 19.3. The van der Waals surface area contributed by atoms with Crippen LogP contribution in [0, 0.1) is 5.92 Å². The second-order valence-electron chi connectivity index (χ2n) is 12.4. The number of pyridine rings is 1. The van der Waals surface area contributed by atoms with Gasteiger partial charge in [-0.1, -0.05) is 36.4 Å². The Balaban J connectivity index is 1.52. The van der Waals surface area contributed by atoms with Crippen molar-refractivity contribution in [1.29, 1.82) is 0 Å². The van der Waals surface area contributed by atoms with E-state index in [2.05, 4.69) is 17.1 Å². The lowest BCUT2D eigenvalue weighted by Gasteiger charge is -2.52. The Morgan fingerprint density at radius 2 is 1.96 bits per heavy atom. The summed E-state index contributed by atoms with van der Waals surface area (Å²) in [4.78, 5) is 30.8. The average molecular weight is 611 g/mol. The maximum Gasteiger partial charge on any atom is 0.339 e. The number of carbonyl (C=O) groups is 1. The normalized spacial score (nSPS) is 23.0. The number of benzene rings is 2. The number of ether oxygens (including phenoxy) is 2. The lowest BCUT2D eigenvalue weighted by molar-refractivity contribution is -0.184. The van der Waals surface area contributed by atoms with Gasteiger partial charge in [0.05, 0.1) is 5.92 Å². The third kappa shape index (κ3) is 5.30. The number of fused-ring (bicyclic) bond motifs is 3. The quantitative estimate of drug-likeness (QED) is 0.148. The van der Waals surface area contributed by atoms with E-state index < -0.39 is 22.8 Å². The van der Waals surface area contributed by atoms with Gasteiger partial charge in [0.15, 0.2) is 11.2 Å². The first-order chi connectivity index (χ1) is 21.6. The van der Waals surface area contributed by atoms with Crippen LogP contribution in [-0.2, 0) is 28.8 Å². The fourth-order valence-corrected chi connectivity index (χ4v) is 6.94. The van der Waals surface area contributed by atoms with Crippen molar-refractivity contribution < 1.29 is 28.9 Å². The number of hydrogen-bond acceptors (Lipinski definition) is 9. The first kappa shape index (κ1) is 30.6. The van der Waals surface area contributed by atoms with E-state index in [-0.39, 0.29) is 31.5 Å². The number of nitrogens with two attached hydrogens (primary N) is 1. The lowest BCUT2D eigenvalue weighted by atomic mass is 9.60. The monoisotopic (exact) mass is 610 g/mol. The number of carbonyl (C=O) groups excluding carboxylic acids is 1. The molecule has 2 aliphatic rings. The number of esters is 1. The van der Waals surface area contributed by atoms with Gasteiger partial charge in [-0.2, -0.15) is 0 Å². The van der Waals surface area contributed by atoms with Crippen LogP contribution in [0.3, 0.4) is 0 Å². The molecule has 6 rings (SSSR count). The Kier molecular flexibility index (Phi) is 8.01. The Labute approximate surface area is 261 Å². The number of nitrogen functional groups attached to an aromatic ring is 1. The molecule has 45 heavy (non-hydrogen) atoms. The highest BCUT2D eigenvalue weighted by molar-refractivity contribution is 5.88. The van der Waals surface area contributed by atoms with Gasteiger partial charge in [-0.25, -0.2) is 14.6 Å². The predicted molar refractivity (Wildman–Crippen MR) is 170 cm³/mol. The van der Waals surface area contributed by atoms with Gasteiger partial charge < -0.3 is 29.8 Å². The van der Waals surface area contributed by atoms with Crippen LogP contribution in [-0.4, -0.2) is 45.6 Å². The summed E-state index contributed by atoms with van der Waals surface area (Å²) in [6, 6.07) is 17.3. The Morgan fingerprint density at radius 3 is 2.67 bits per heavy atom. The van der Waals surface area contributed by atoms with E-state index >= 15 is 0 Å². The molecule has 0 saturated heterocycles. The van der Waals surface area contributed by atoms with Gasteiger partial charge in [-0.3, -0.25) is 0 Å². The Hall–Kier alpha value is -4.47. The second-order valence-corrected chi connectivity index (χ2v) is 12.4. The van der Waals surface area contributed by atoms with E-state index in [1.165, 1.54) is 0 Å². The molecule has 0 radical (unpaired) electrons. The molecular formula is C36H38N2O7. The van der Waals surface area contributed by atoms with Crippen molar-refractivity contribution in [2.45, 2.75) is 63.6 Å². The fraction of sp³-hybridized carbons (Fsp3) is 0.361. The van der Waals surface area contributed by atoms with Crippen molar-refractivity contribution >= 4 is 22.8 Å². The standard InChI is InChI=1S/C36H38N2O7/c1-4-21(2)33(41)45-35(3)17-23-7-5-6-8-28(23)32(24-9-10-31(37)38-19-24)36(35)18-27-15-25-14-26(13-22(20-40)11-12-39)34(42)43-29(25)16-30(27)44-36/h4-10,14-16,19,22,32,39-40H,11-13,17-18,20H2,1-3H3,(H2,37,38)/b21-4+/t22-,32-,35+,36-/m1/s1. The van der Waals surface area contributed by atoms with Gasteiger partial charge in [0.1, 0.15) is 17.2 Å². The summed E-state index contributed by atoms with van der Waals surface area (Å²) >= 11 is 0. The molecule has 1 aliphatic carbocycles. The first-order valence-electron chi connectivity index (χ1n) is 15.3. The zero-order chi connectivity index (χ0) is 31.9. The highest BCUT2D eigenvalue weighted by atomic mass is 16.6. The highest BCUT2D eigenvalue weighted by Gasteiger charge is 2.64. The van der Waals surface area contributed by atoms with Gasteiger partial charge in [0, 0.05) is 54.8 Å². The molecule has 0 fully saturated rings. The molecule has 1 aliphatic heterocycles. The summed E-state index contributed by atoms with van der Waals surface area (Å²) in [6.07, 6.45) is 4.97. The molecule has 234 valence electrons. The first-order valence-corrected chi connectivity index (χ1v) is 15.3. The molecule has 4 aromatic rings. The molecular weight excluding hydrogens is 572 g/mol. The number of rotatable bonds is 8. The van der Waals surface area contributed by atoms with Crippen molar-refractivity contribution in [3.05, 3.63) is 111 Å². The molecule has 2 aromatic heterocycles. The zero-order valence-corrected chi connectivity index (χ0v) is 25.7. The molecule has 0 saturated carbocycles. The summed E-state index contributed by atoms with van der Waals surface area (Å²) in [5.41, 5.74) is 8.42. The van der Waals surface area contributed by atoms with E-state index in [1.54, 1.807) is 44.3 Å². The zero-order valence-electron chi connectivity index (χ0n) is 25.7. The van der Waals surface area contributed by atoms with E-state index in [0.29, 0.717) is 47.5 Å². The van der Waals surface area contributed by atoms with Gasteiger partial charge in [-0.15, -0.1) is 0 Å². The van der Waals surface area contributed by atoms with Gasteiger partial charge in [0.25, 0.3) is 0 Å². The topological polar surface area (TPSA) is 145 Å². The van der Waals surface area contributed by atoms with Crippen molar-refractivity contribution in [1.82, 2.24) is 4.98 Å². The molecule has 9 heteroatoms. The summed E-state index contributed by atoms with van der Waals surface area (Å²) in [6.45, 7) is 5.24. The average Bonchev–Trinajstić information content (AvgIpc) is 3.40. The van der Waals surface area contributed by atoms with E-state index in [9.17, 15) is 19.8 Å². The molecule has 2 aromatic carbocycles. The molecule has 9 nitrogen and oxygen atoms in total. The van der Waals surface area contributed by atoms with Crippen LogP contribution in [0.5, 0.6) is 5.75 Å². The number of aliphatic hydroxyl groups is 2.